The van der Waals surface area contributed by atoms with Crippen molar-refractivity contribution in [2.75, 3.05) is 24.6 Å². The van der Waals surface area contributed by atoms with Gasteiger partial charge in [-0.25, -0.2) is 8.42 Å². The molecule has 1 aliphatic carbocycles. The molecule has 0 radical (unpaired) electrons. The van der Waals surface area contributed by atoms with Gasteiger partial charge in [-0.15, -0.1) is 0 Å². The van der Waals surface area contributed by atoms with E-state index in [0.29, 0.717) is 17.5 Å². The molecule has 2 saturated heterocycles. The molecule has 2 aliphatic heterocycles. The average molecular weight is 314 g/mol. The molecule has 3 aliphatic rings. The molecule has 5 heteroatoms. The molecule has 2 unspecified atom stereocenters. The van der Waals surface area contributed by atoms with Gasteiger partial charge in [0.2, 0.25) is 0 Å². The van der Waals surface area contributed by atoms with Gasteiger partial charge >= 0.3 is 0 Å². The molecule has 0 aromatic rings. The first-order valence-electron chi connectivity index (χ1n) is 8.60. The Morgan fingerprint density at radius 1 is 1.19 bits per heavy atom. The molecule has 0 bridgehead atoms. The second-order valence-corrected chi connectivity index (χ2v) is 9.93. The Bertz CT molecular complexity index is 485. The SMILES string of the molecule is CCC1CNC2(CCCCC2)CN1C1(C)CCS(=O)(=O)C1. The van der Waals surface area contributed by atoms with Gasteiger partial charge in [0.25, 0.3) is 0 Å². The third kappa shape index (κ3) is 3.02. The van der Waals surface area contributed by atoms with Crippen molar-refractivity contribution in [1.82, 2.24) is 10.2 Å². The van der Waals surface area contributed by atoms with Crippen LogP contribution in [-0.2, 0) is 9.84 Å². The number of piperazine rings is 1. The smallest absolute Gasteiger partial charge is 0.152 e. The highest BCUT2D eigenvalue weighted by Crippen LogP contribution is 2.38. The minimum atomic E-state index is -2.84. The van der Waals surface area contributed by atoms with Gasteiger partial charge in [-0.2, -0.15) is 0 Å². The van der Waals surface area contributed by atoms with E-state index >= 15 is 0 Å². The molecule has 1 spiro atoms. The Morgan fingerprint density at radius 3 is 2.48 bits per heavy atom. The zero-order valence-corrected chi connectivity index (χ0v) is 14.3. The average Bonchev–Trinajstić information content (AvgIpc) is 2.75. The fraction of sp³-hybridized carbons (Fsp3) is 1.00. The minimum absolute atomic E-state index is 0.147. The van der Waals surface area contributed by atoms with Crippen LogP contribution in [0.4, 0.5) is 0 Å². The van der Waals surface area contributed by atoms with Crippen molar-refractivity contribution in [3.8, 4) is 0 Å². The number of nitrogens with zero attached hydrogens (tertiary/aromatic N) is 1. The maximum atomic E-state index is 12.0. The summed E-state index contributed by atoms with van der Waals surface area (Å²) in [5.41, 5.74) is 0.103. The summed E-state index contributed by atoms with van der Waals surface area (Å²) < 4.78 is 24.0. The summed E-state index contributed by atoms with van der Waals surface area (Å²) in [4.78, 5) is 2.57. The number of hydrogen-bond donors (Lipinski definition) is 1. The van der Waals surface area contributed by atoms with Crippen molar-refractivity contribution in [1.29, 1.82) is 0 Å². The molecule has 1 N–H and O–H groups in total. The Balaban J connectivity index is 1.83. The number of sulfone groups is 1. The van der Waals surface area contributed by atoms with Crippen molar-refractivity contribution < 1.29 is 8.42 Å². The van der Waals surface area contributed by atoms with Crippen molar-refractivity contribution in [3.05, 3.63) is 0 Å². The van der Waals surface area contributed by atoms with E-state index in [1.165, 1.54) is 32.1 Å². The third-order valence-corrected chi connectivity index (χ3v) is 7.97. The van der Waals surface area contributed by atoms with Crippen LogP contribution in [0.2, 0.25) is 0 Å². The van der Waals surface area contributed by atoms with Crippen LogP contribution in [0, 0.1) is 0 Å². The first kappa shape index (κ1) is 15.8. The molecule has 0 amide bonds. The molecule has 2 atom stereocenters. The van der Waals surface area contributed by atoms with E-state index in [9.17, 15) is 8.42 Å². The van der Waals surface area contributed by atoms with Crippen LogP contribution in [0.1, 0.15) is 58.8 Å². The standard InChI is InChI=1S/C16H30N2O2S/c1-3-14-11-17-16(7-5-4-6-8-16)12-18(14)15(2)9-10-21(19,20)13-15/h14,17H,3-13H2,1-2H3. The quantitative estimate of drug-likeness (QED) is 0.846. The largest absolute Gasteiger partial charge is 0.308 e. The highest BCUT2D eigenvalue weighted by Gasteiger charge is 2.49. The van der Waals surface area contributed by atoms with Crippen LogP contribution in [0.15, 0.2) is 0 Å². The van der Waals surface area contributed by atoms with Crippen LogP contribution >= 0.6 is 0 Å². The lowest BCUT2D eigenvalue weighted by atomic mass is 9.77. The Labute approximate surface area is 129 Å². The molecule has 0 aromatic carbocycles. The van der Waals surface area contributed by atoms with Crippen LogP contribution in [0.25, 0.3) is 0 Å². The van der Waals surface area contributed by atoms with Gasteiger partial charge in [0.1, 0.15) is 0 Å². The summed E-state index contributed by atoms with van der Waals surface area (Å²) in [5, 5.41) is 3.84. The first-order valence-corrected chi connectivity index (χ1v) is 10.4. The Kier molecular flexibility index (Phi) is 4.13. The topological polar surface area (TPSA) is 49.4 Å². The number of nitrogens with one attached hydrogen (secondary N) is 1. The van der Waals surface area contributed by atoms with Gasteiger partial charge in [0, 0.05) is 30.2 Å². The molecule has 21 heavy (non-hydrogen) atoms. The molecule has 1 saturated carbocycles. The summed E-state index contributed by atoms with van der Waals surface area (Å²) >= 11 is 0. The van der Waals surface area contributed by atoms with E-state index < -0.39 is 9.84 Å². The van der Waals surface area contributed by atoms with E-state index in [2.05, 4.69) is 24.1 Å². The molecule has 2 heterocycles. The fourth-order valence-electron chi connectivity index (χ4n) is 4.74. The predicted octanol–water partition coefficient (Wildman–Crippen LogP) is 1.95. The van der Waals surface area contributed by atoms with Gasteiger partial charge in [-0.05, 0) is 32.6 Å². The van der Waals surface area contributed by atoms with Crippen molar-refractivity contribution >= 4 is 9.84 Å². The van der Waals surface area contributed by atoms with Gasteiger partial charge in [0.05, 0.1) is 11.5 Å². The number of rotatable bonds is 2. The second kappa shape index (κ2) is 5.50. The lowest BCUT2D eigenvalue weighted by Gasteiger charge is -2.54. The van der Waals surface area contributed by atoms with E-state index in [1.54, 1.807) is 0 Å². The van der Waals surface area contributed by atoms with Crippen LogP contribution < -0.4 is 5.32 Å². The third-order valence-electron chi connectivity index (χ3n) is 6.08. The van der Waals surface area contributed by atoms with E-state index in [1.807, 2.05) is 0 Å². The summed E-state index contributed by atoms with van der Waals surface area (Å²) in [6.45, 7) is 6.47. The summed E-state index contributed by atoms with van der Waals surface area (Å²) in [7, 11) is -2.84. The molecule has 3 fully saturated rings. The van der Waals surface area contributed by atoms with Gasteiger partial charge in [-0.3, -0.25) is 4.90 Å². The normalized spacial score (nSPS) is 39.6. The van der Waals surface area contributed by atoms with Crippen molar-refractivity contribution in [3.63, 3.8) is 0 Å². The summed E-state index contributed by atoms with van der Waals surface area (Å²) in [6, 6.07) is 0.482. The monoisotopic (exact) mass is 314 g/mol. The summed E-state index contributed by atoms with van der Waals surface area (Å²) in [5.74, 6) is 0.726. The van der Waals surface area contributed by atoms with Gasteiger partial charge in [0.15, 0.2) is 9.84 Å². The Morgan fingerprint density at radius 2 is 1.90 bits per heavy atom. The van der Waals surface area contributed by atoms with E-state index in [-0.39, 0.29) is 11.1 Å². The highest BCUT2D eigenvalue weighted by molar-refractivity contribution is 7.91. The lowest BCUT2D eigenvalue weighted by Crippen LogP contribution is -2.69. The zero-order valence-electron chi connectivity index (χ0n) is 13.5. The number of hydrogen-bond acceptors (Lipinski definition) is 4. The van der Waals surface area contributed by atoms with Gasteiger partial charge < -0.3 is 5.32 Å². The summed E-state index contributed by atoms with van der Waals surface area (Å²) in [6.07, 6.45) is 8.39. The second-order valence-electron chi connectivity index (χ2n) is 7.75. The maximum absolute atomic E-state index is 12.0. The molecular weight excluding hydrogens is 284 g/mol. The lowest BCUT2D eigenvalue weighted by molar-refractivity contribution is -0.0106. The minimum Gasteiger partial charge on any atom is -0.308 e. The van der Waals surface area contributed by atoms with Crippen LogP contribution in [0.3, 0.4) is 0 Å². The highest BCUT2D eigenvalue weighted by atomic mass is 32.2. The van der Waals surface area contributed by atoms with Gasteiger partial charge in [-0.1, -0.05) is 26.2 Å². The molecule has 4 nitrogen and oxygen atoms in total. The van der Waals surface area contributed by atoms with Crippen LogP contribution in [0.5, 0.6) is 0 Å². The fourth-order valence-corrected chi connectivity index (χ4v) is 6.89. The maximum Gasteiger partial charge on any atom is 0.152 e. The molecule has 0 aromatic heterocycles. The van der Waals surface area contributed by atoms with Crippen molar-refractivity contribution in [2.45, 2.75) is 75.9 Å². The van der Waals surface area contributed by atoms with E-state index in [4.69, 9.17) is 0 Å². The first-order chi connectivity index (χ1) is 9.88. The Hall–Kier alpha value is -0.130. The molecule has 3 rings (SSSR count). The van der Waals surface area contributed by atoms with Crippen molar-refractivity contribution in [2.24, 2.45) is 0 Å². The van der Waals surface area contributed by atoms with Crippen LogP contribution in [-0.4, -0.2) is 55.0 Å². The zero-order chi connectivity index (χ0) is 15.1. The molecule has 122 valence electrons. The predicted molar refractivity (Wildman–Crippen MR) is 86.3 cm³/mol. The molecular formula is C16H30N2O2S. The van der Waals surface area contributed by atoms with E-state index in [0.717, 1.165) is 25.9 Å².